The Morgan fingerprint density at radius 3 is 2.81 bits per heavy atom. The number of pyridine rings is 1. The zero-order valence-electron chi connectivity index (χ0n) is 9.74. The molecule has 16 heavy (non-hydrogen) atoms. The average molecular weight is 244 g/mol. The molecule has 1 aromatic rings. The number of hydrogen-bond donors (Lipinski definition) is 1. The first kappa shape index (κ1) is 13.2. The van der Waals surface area contributed by atoms with Gasteiger partial charge in [0.15, 0.2) is 0 Å². The van der Waals surface area contributed by atoms with Crippen LogP contribution in [0.15, 0.2) is 18.3 Å². The Hall–Kier alpha value is -0.840. The topological polar surface area (TPSA) is 37.4 Å². The highest BCUT2D eigenvalue weighted by molar-refractivity contribution is 6.30. The molecule has 0 unspecified atom stereocenters. The van der Waals surface area contributed by atoms with E-state index in [4.69, 9.17) is 16.3 Å². The summed E-state index contributed by atoms with van der Waals surface area (Å²) in [5.41, 5.74) is 0. The van der Waals surface area contributed by atoms with Crippen LogP contribution in [0.1, 0.15) is 0 Å². The number of likely N-dealkylation sites (N-methyl/N-ethyl adjacent to an activating group) is 1. The third-order valence-electron chi connectivity index (χ3n) is 1.96. The van der Waals surface area contributed by atoms with Crippen molar-refractivity contribution in [3.05, 3.63) is 23.4 Å². The molecule has 1 N–H and O–H groups in total. The molecule has 0 atom stereocenters. The van der Waals surface area contributed by atoms with E-state index in [-0.39, 0.29) is 0 Å². The normalized spacial score (nSPS) is 10.8. The van der Waals surface area contributed by atoms with Gasteiger partial charge in [-0.1, -0.05) is 11.6 Å². The van der Waals surface area contributed by atoms with E-state index in [1.54, 1.807) is 6.20 Å². The van der Waals surface area contributed by atoms with Crippen molar-refractivity contribution in [3.8, 4) is 0 Å². The Balaban J connectivity index is 2.05. The molecule has 0 spiro atoms. The molecule has 0 saturated carbocycles. The first-order valence-corrected chi connectivity index (χ1v) is 5.64. The zero-order valence-corrected chi connectivity index (χ0v) is 10.5. The summed E-state index contributed by atoms with van der Waals surface area (Å²) in [6, 6.07) is 3.66. The van der Waals surface area contributed by atoms with Crippen molar-refractivity contribution in [2.75, 3.05) is 45.7 Å². The Bertz CT molecular complexity index is 290. The molecule has 0 amide bonds. The van der Waals surface area contributed by atoms with Crippen LogP contribution in [0, 0.1) is 0 Å². The fraction of sp³-hybridized carbons (Fsp3) is 0.545. The predicted octanol–water partition coefficient (Wildman–Crippen LogP) is 1.73. The van der Waals surface area contributed by atoms with Gasteiger partial charge in [-0.2, -0.15) is 0 Å². The quantitative estimate of drug-likeness (QED) is 0.740. The zero-order chi connectivity index (χ0) is 11.8. The SMILES string of the molecule is CN(C)CCOCCNc1ccc(Cl)cn1. The van der Waals surface area contributed by atoms with E-state index in [1.807, 2.05) is 26.2 Å². The van der Waals surface area contributed by atoms with Crippen LogP contribution in [0.25, 0.3) is 0 Å². The molecule has 0 aliphatic rings. The van der Waals surface area contributed by atoms with E-state index in [2.05, 4.69) is 15.2 Å². The fourth-order valence-electron chi connectivity index (χ4n) is 1.08. The van der Waals surface area contributed by atoms with E-state index < -0.39 is 0 Å². The molecule has 0 aliphatic heterocycles. The van der Waals surface area contributed by atoms with Gasteiger partial charge in [0, 0.05) is 19.3 Å². The Morgan fingerprint density at radius 2 is 2.19 bits per heavy atom. The van der Waals surface area contributed by atoms with Gasteiger partial charge in [0.25, 0.3) is 0 Å². The third-order valence-corrected chi connectivity index (χ3v) is 2.19. The van der Waals surface area contributed by atoms with Gasteiger partial charge in [-0.25, -0.2) is 4.98 Å². The summed E-state index contributed by atoms with van der Waals surface area (Å²) in [6.45, 7) is 3.13. The van der Waals surface area contributed by atoms with Crippen molar-refractivity contribution in [1.29, 1.82) is 0 Å². The van der Waals surface area contributed by atoms with Crippen LogP contribution in [-0.4, -0.2) is 50.3 Å². The molecule has 1 aromatic heterocycles. The summed E-state index contributed by atoms with van der Waals surface area (Å²) in [7, 11) is 4.05. The third kappa shape index (κ3) is 5.90. The van der Waals surface area contributed by atoms with Gasteiger partial charge in [-0.05, 0) is 26.2 Å². The van der Waals surface area contributed by atoms with E-state index in [1.165, 1.54) is 0 Å². The number of nitrogens with zero attached hydrogens (tertiary/aromatic N) is 2. The Labute approximate surface area is 102 Å². The summed E-state index contributed by atoms with van der Waals surface area (Å²) in [5, 5.41) is 3.80. The average Bonchev–Trinajstić information content (AvgIpc) is 2.25. The summed E-state index contributed by atoms with van der Waals surface area (Å²) < 4.78 is 5.43. The van der Waals surface area contributed by atoms with E-state index in [0.717, 1.165) is 25.5 Å². The second-order valence-corrected chi connectivity index (χ2v) is 4.14. The molecule has 90 valence electrons. The highest BCUT2D eigenvalue weighted by Gasteiger charge is 1.94. The van der Waals surface area contributed by atoms with E-state index in [0.29, 0.717) is 11.6 Å². The molecule has 4 nitrogen and oxygen atoms in total. The van der Waals surface area contributed by atoms with Gasteiger partial charge in [0.05, 0.1) is 18.2 Å². The van der Waals surface area contributed by atoms with Gasteiger partial charge in [0.1, 0.15) is 5.82 Å². The maximum Gasteiger partial charge on any atom is 0.126 e. The maximum absolute atomic E-state index is 5.72. The standard InChI is InChI=1S/C11H18ClN3O/c1-15(2)6-8-16-7-5-13-11-4-3-10(12)9-14-11/h3-4,9H,5-8H2,1-2H3,(H,13,14). The van der Waals surface area contributed by atoms with Crippen molar-refractivity contribution in [3.63, 3.8) is 0 Å². The van der Waals surface area contributed by atoms with Crippen molar-refractivity contribution >= 4 is 17.4 Å². The van der Waals surface area contributed by atoms with Crippen LogP contribution in [0.4, 0.5) is 5.82 Å². The van der Waals surface area contributed by atoms with Crippen molar-refractivity contribution in [2.24, 2.45) is 0 Å². The fourth-order valence-corrected chi connectivity index (χ4v) is 1.19. The number of hydrogen-bond acceptors (Lipinski definition) is 4. The number of halogens is 1. The molecule has 0 fully saturated rings. The van der Waals surface area contributed by atoms with Crippen LogP contribution in [0.3, 0.4) is 0 Å². The van der Waals surface area contributed by atoms with E-state index in [9.17, 15) is 0 Å². The molecule has 0 saturated heterocycles. The van der Waals surface area contributed by atoms with Gasteiger partial charge in [-0.3, -0.25) is 0 Å². The highest BCUT2D eigenvalue weighted by atomic mass is 35.5. The maximum atomic E-state index is 5.72. The largest absolute Gasteiger partial charge is 0.378 e. The Morgan fingerprint density at radius 1 is 1.38 bits per heavy atom. The highest BCUT2D eigenvalue weighted by Crippen LogP contribution is 2.08. The molecule has 1 heterocycles. The van der Waals surface area contributed by atoms with Crippen LogP contribution < -0.4 is 5.32 Å². The molecule has 0 aromatic carbocycles. The lowest BCUT2D eigenvalue weighted by Gasteiger charge is -2.10. The van der Waals surface area contributed by atoms with Crippen LogP contribution >= 0.6 is 11.6 Å². The van der Waals surface area contributed by atoms with Gasteiger partial charge < -0.3 is 15.0 Å². The summed E-state index contributed by atoms with van der Waals surface area (Å²) >= 11 is 5.72. The summed E-state index contributed by atoms with van der Waals surface area (Å²) in [5.74, 6) is 0.820. The molecule has 5 heteroatoms. The molecular weight excluding hydrogens is 226 g/mol. The number of nitrogens with one attached hydrogen (secondary N) is 1. The Kier molecular flexibility index (Phi) is 6.15. The minimum absolute atomic E-state index is 0.646. The number of anilines is 1. The predicted molar refractivity (Wildman–Crippen MR) is 67.1 cm³/mol. The first-order valence-electron chi connectivity index (χ1n) is 5.26. The van der Waals surface area contributed by atoms with Crippen LogP contribution in [0.2, 0.25) is 5.02 Å². The molecule has 0 radical (unpaired) electrons. The summed E-state index contributed by atoms with van der Waals surface area (Å²) in [4.78, 5) is 6.21. The van der Waals surface area contributed by atoms with Gasteiger partial charge >= 0.3 is 0 Å². The molecule has 1 rings (SSSR count). The van der Waals surface area contributed by atoms with Gasteiger partial charge in [-0.15, -0.1) is 0 Å². The molecule has 0 bridgehead atoms. The van der Waals surface area contributed by atoms with Crippen molar-refractivity contribution in [1.82, 2.24) is 9.88 Å². The van der Waals surface area contributed by atoms with Crippen LogP contribution in [0.5, 0.6) is 0 Å². The smallest absolute Gasteiger partial charge is 0.126 e. The first-order chi connectivity index (χ1) is 7.68. The molecular formula is C11H18ClN3O. The second-order valence-electron chi connectivity index (χ2n) is 3.70. The van der Waals surface area contributed by atoms with Crippen LogP contribution in [-0.2, 0) is 4.74 Å². The van der Waals surface area contributed by atoms with Crippen molar-refractivity contribution in [2.45, 2.75) is 0 Å². The minimum Gasteiger partial charge on any atom is -0.378 e. The monoisotopic (exact) mass is 243 g/mol. The van der Waals surface area contributed by atoms with Crippen molar-refractivity contribution < 1.29 is 4.74 Å². The lowest BCUT2D eigenvalue weighted by molar-refractivity contribution is 0.126. The number of aromatic nitrogens is 1. The second kappa shape index (κ2) is 7.44. The lowest BCUT2D eigenvalue weighted by atomic mass is 10.4. The number of ether oxygens (including phenoxy) is 1. The summed E-state index contributed by atoms with van der Waals surface area (Å²) in [6.07, 6.45) is 1.62. The minimum atomic E-state index is 0.646. The van der Waals surface area contributed by atoms with Gasteiger partial charge in [0.2, 0.25) is 0 Å². The number of rotatable bonds is 7. The lowest BCUT2D eigenvalue weighted by Crippen LogP contribution is -2.20. The molecule has 0 aliphatic carbocycles. The van der Waals surface area contributed by atoms with E-state index >= 15 is 0 Å².